The number of nitrogens with one attached hydrogen (secondary N) is 2. The number of aromatic amines is 1. The number of hydrogen-bond donors (Lipinski definition) is 2. The highest BCUT2D eigenvalue weighted by Gasteiger charge is 2.08. The minimum Gasteiger partial charge on any atom is -0.438 e. The second kappa shape index (κ2) is 5.69. The summed E-state index contributed by atoms with van der Waals surface area (Å²) in [4.78, 5) is 0. The minimum absolute atomic E-state index is 0.356. The molecule has 0 radical (unpaired) electrons. The first kappa shape index (κ1) is 12.6. The van der Waals surface area contributed by atoms with Crippen LogP contribution in [-0.2, 0) is 0 Å². The lowest BCUT2D eigenvalue weighted by Crippen LogP contribution is -2.14. The molecule has 0 aliphatic heterocycles. The van der Waals surface area contributed by atoms with Crippen molar-refractivity contribution in [1.82, 2.24) is 15.5 Å². The molecule has 0 bridgehead atoms. The summed E-state index contributed by atoms with van der Waals surface area (Å²) in [7, 11) is 1.97. The molecular formula is C14H19N3O. The summed E-state index contributed by atoms with van der Waals surface area (Å²) in [6, 6.07) is 10.3. The number of hydrogen-bond acceptors (Lipinski definition) is 3. The summed E-state index contributed by atoms with van der Waals surface area (Å²) >= 11 is 0. The van der Waals surface area contributed by atoms with Crippen molar-refractivity contribution in [1.29, 1.82) is 0 Å². The molecule has 1 heterocycles. The van der Waals surface area contributed by atoms with Gasteiger partial charge in [-0.05, 0) is 38.1 Å². The molecule has 1 unspecified atom stereocenters. The zero-order valence-corrected chi connectivity index (χ0v) is 11.0. The van der Waals surface area contributed by atoms with E-state index in [1.54, 1.807) is 0 Å². The molecule has 4 nitrogen and oxygen atoms in total. The van der Waals surface area contributed by atoms with E-state index in [9.17, 15) is 0 Å². The summed E-state index contributed by atoms with van der Waals surface area (Å²) in [6.45, 7) is 4.11. The van der Waals surface area contributed by atoms with Crippen molar-refractivity contribution in [2.45, 2.75) is 26.3 Å². The number of aryl methyl sites for hydroxylation is 1. The van der Waals surface area contributed by atoms with Gasteiger partial charge in [-0.15, -0.1) is 5.10 Å². The average molecular weight is 245 g/mol. The second-order valence-electron chi connectivity index (χ2n) is 4.31. The molecule has 4 heteroatoms. The van der Waals surface area contributed by atoms with Crippen LogP contribution in [0.25, 0.3) is 0 Å². The predicted octanol–water partition coefficient (Wildman–Crippen LogP) is 3.18. The number of aromatic nitrogens is 2. The molecule has 0 fully saturated rings. The van der Waals surface area contributed by atoms with E-state index < -0.39 is 0 Å². The standard InChI is InChI=1S/C14H19N3O/c1-4-13(15-3)11-6-5-7-12(9-11)18-14-8-10(2)16-17-14/h5-9,13,15H,4H2,1-3H3,(H,16,17). The van der Waals surface area contributed by atoms with Gasteiger partial charge in [-0.3, -0.25) is 5.10 Å². The Bertz CT molecular complexity index is 503. The molecule has 1 atom stereocenters. The Morgan fingerprint density at radius 2 is 2.22 bits per heavy atom. The third kappa shape index (κ3) is 2.90. The van der Waals surface area contributed by atoms with Gasteiger partial charge in [0.1, 0.15) is 5.75 Å². The monoisotopic (exact) mass is 245 g/mol. The van der Waals surface area contributed by atoms with Crippen molar-refractivity contribution in [3.8, 4) is 11.6 Å². The fourth-order valence-corrected chi connectivity index (χ4v) is 1.97. The van der Waals surface area contributed by atoms with Gasteiger partial charge in [-0.25, -0.2) is 0 Å². The molecule has 0 spiro atoms. The largest absolute Gasteiger partial charge is 0.438 e. The van der Waals surface area contributed by atoms with Crippen LogP contribution in [0.3, 0.4) is 0 Å². The van der Waals surface area contributed by atoms with Gasteiger partial charge in [-0.2, -0.15) is 0 Å². The van der Waals surface area contributed by atoms with Gasteiger partial charge < -0.3 is 10.1 Å². The maximum atomic E-state index is 5.71. The van der Waals surface area contributed by atoms with E-state index in [1.165, 1.54) is 5.56 Å². The van der Waals surface area contributed by atoms with E-state index in [4.69, 9.17) is 4.74 Å². The Labute approximate surface area is 107 Å². The van der Waals surface area contributed by atoms with Crippen molar-refractivity contribution >= 4 is 0 Å². The first-order valence-electron chi connectivity index (χ1n) is 6.20. The van der Waals surface area contributed by atoms with Crippen LogP contribution in [-0.4, -0.2) is 17.2 Å². The van der Waals surface area contributed by atoms with Crippen LogP contribution in [0.1, 0.15) is 30.6 Å². The molecule has 2 rings (SSSR count). The molecule has 0 saturated heterocycles. The number of nitrogens with zero attached hydrogens (tertiary/aromatic N) is 1. The SMILES string of the molecule is CCC(NC)c1cccc(Oc2cc(C)[nH]n2)c1. The van der Waals surface area contributed by atoms with Crippen molar-refractivity contribution in [3.63, 3.8) is 0 Å². The molecule has 2 aromatic rings. The quantitative estimate of drug-likeness (QED) is 0.850. The lowest BCUT2D eigenvalue weighted by molar-refractivity contribution is 0.459. The Kier molecular flexibility index (Phi) is 3.99. The molecule has 0 amide bonds. The Balaban J connectivity index is 2.16. The molecular weight excluding hydrogens is 226 g/mol. The van der Waals surface area contributed by atoms with Gasteiger partial charge in [0, 0.05) is 17.8 Å². The first-order chi connectivity index (χ1) is 8.72. The van der Waals surface area contributed by atoms with Gasteiger partial charge in [-0.1, -0.05) is 19.1 Å². The van der Waals surface area contributed by atoms with Crippen LogP contribution in [0.4, 0.5) is 0 Å². The highest BCUT2D eigenvalue weighted by molar-refractivity contribution is 5.33. The fraction of sp³-hybridized carbons (Fsp3) is 0.357. The molecule has 1 aromatic heterocycles. The predicted molar refractivity (Wildman–Crippen MR) is 71.9 cm³/mol. The van der Waals surface area contributed by atoms with Crippen LogP contribution in [0, 0.1) is 6.92 Å². The summed E-state index contributed by atoms with van der Waals surface area (Å²) in [5.41, 5.74) is 2.22. The number of benzene rings is 1. The number of H-pyrrole nitrogens is 1. The fourth-order valence-electron chi connectivity index (χ4n) is 1.97. The topological polar surface area (TPSA) is 49.9 Å². The first-order valence-corrected chi connectivity index (χ1v) is 6.20. The Morgan fingerprint density at radius 1 is 1.39 bits per heavy atom. The van der Waals surface area contributed by atoms with Gasteiger partial charge >= 0.3 is 0 Å². The van der Waals surface area contributed by atoms with Crippen LogP contribution in [0.2, 0.25) is 0 Å². The number of rotatable bonds is 5. The second-order valence-corrected chi connectivity index (χ2v) is 4.31. The van der Waals surface area contributed by atoms with E-state index in [2.05, 4.69) is 34.6 Å². The van der Waals surface area contributed by atoms with Gasteiger partial charge in [0.2, 0.25) is 5.88 Å². The summed E-state index contributed by atoms with van der Waals surface area (Å²) in [5.74, 6) is 1.41. The minimum atomic E-state index is 0.356. The zero-order chi connectivity index (χ0) is 13.0. The van der Waals surface area contributed by atoms with Gasteiger partial charge in [0.25, 0.3) is 0 Å². The summed E-state index contributed by atoms with van der Waals surface area (Å²) in [5, 5.41) is 10.2. The van der Waals surface area contributed by atoms with E-state index >= 15 is 0 Å². The zero-order valence-electron chi connectivity index (χ0n) is 11.0. The van der Waals surface area contributed by atoms with E-state index in [0.29, 0.717) is 11.9 Å². The third-order valence-electron chi connectivity index (χ3n) is 2.92. The third-order valence-corrected chi connectivity index (χ3v) is 2.92. The number of ether oxygens (including phenoxy) is 1. The molecule has 0 saturated carbocycles. The maximum absolute atomic E-state index is 5.71. The van der Waals surface area contributed by atoms with Crippen molar-refractivity contribution < 1.29 is 4.74 Å². The summed E-state index contributed by atoms with van der Waals surface area (Å²) < 4.78 is 5.71. The lowest BCUT2D eigenvalue weighted by Gasteiger charge is -2.15. The lowest BCUT2D eigenvalue weighted by atomic mass is 10.0. The Hall–Kier alpha value is -1.81. The average Bonchev–Trinajstić information content (AvgIpc) is 2.77. The molecule has 18 heavy (non-hydrogen) atoms. The van der Waals surface area contributed by atoms with Crippen LogP contribution in [0.15, 0.2) is 30.3 Å². The van der Waals surface area contributed by atoms with E-state index in [-0.39, 0.29) is 0 Å². The molecule has 96 valence electrons. The van der Waals surface area contributed by atoms with E-state index in [1.807, 2.05) is 32.2 Å². The smallest absolute Gasteiger partial charge is 0.238 e. The normalized spacial score (nSPS) is 12.4. The molecule has 2 N–H and O–H groups in total. The van der Waals surface area contributed by atoms with Crippen molar-refractivity contribution in [3.05, 3.63) is 41.6 Å². The van der Waals surface area contributed by atoms with Gasteiger partial charge in [0.05, 0.1) is 0 Å². The van der Waals surface area contributed by atoms with Crippen molar-refractivity contribution in [2.24, 2.45) is 0 Å². The van der Waals surface area contributed by atoms with Crippen LogP contribution < -0.4 is 10.1 Å². The van der Waals surface area contributed by atoms with Crippen LogP contribution in [0.5, 0.6) is 11.6 Å². The highest BCUT2D eigenvalue weighted by atomic mass is 16.5. The van der Waals surface area contributed by atoms with E-state index in [0.717, 1.165) is 17.9 Å². The van der Waals surface area contributed by atoms with Crippen LogP contribution >= 0.6 is 0 Å². The van der Waals surface area contributed by atoms with Gasteiger partial charge in [0.15, 0.2) is 0 Å². The Morgan fingerprint density at radius 3 is 2.83 bits per heavy atom. The highest BCUT2D eigenvalue weighted by Crippen LogP contribution is 2.24. The maximum Gasteiger partial charge on any atom is 0.238 e. The van der Waals surface area contributed by atoms with Crippen molar-refractivity contribution in [2.75, 3.05) is 7.05 Å². The summed E-state index contributed by atoms with van der Waals surface area (Å²) in [6.07, 6.45) is 1.04. The molecule has 0 aliphatic rings. The molecule has 0 aliphatic carbocycles. The molecule has 1 aromatic carbocycles.